The number of pyridine rings is 1. The predicted molar refractivity (Wildman–Crippen MR) is 105 cm³/mol. The number of aliphatic imine (C=N–C) groups is 1. The third-order valence-electron chi connectivity index (χ3n) is 4.67. The Bertz CT molecular complexity index is 1010. The van der Waals surface area contributed by atoms with Gasteiger partial charge in [0.1, 0.15) is 11.9 Å². The molecule has 4 rings (SSSR count). The molecule has 3 heterocycles. The van der Waals surface area contributed by atoms with Crippen LogP contribution in [0.4, 0.5) is 11.5 Å². The Morgan fingerprint density at radius 2 is 2.04 bits per heavy atom. The van der Waals surface area contributed by atoms with E-state index in [2.05, 4.69) is 20.4 Å². The van der Waals surface area contributed by atoms with Gasteiger partial charge >= 0.3 is 0 Å². The third kappa shape index (κ3) is 3.54. The summed E-state index contributed by atoms with van der Waals surface area (Å²) in [7, 11) is 1.92. The van der Waals surface area contributed by atoms with Gasteiger partial charge in [-0.1, -0.05) is 6.07 Å². The third-order valence-corrected chi connectivity index (χ3v) is 4.67. The molecule has 1 saturated heterocycles. The number of amidine groups is 1. The van der Waals surface area contributed by atoms with Gasteiger partial charge in [-0.05, 0) is 55.3 Å². The van der Waals surface area contributed by atoms with E-state index in [1.54, 1.807) is 12.4 Å². The molecule has 0 bridgehead atoms. The number of benzene rings is 1. The zero-order valence-corrected chi connectivity index (χ0v) is 15.5. The van der Waals surface area contributed by atoms with Gasteiger partial charge in [0.15, 0.2) is 12.0 Å². The van der Waals surface area contributed by atoms with Crippen molar-refractivity contribution >= 4 is 17.3 Å². The molecule has 3 N–H and O–H groups in total. The molecule has 2 aromatic heterocycles. The Morgan fingerprint density at radius 1 is 1.19 bits per heavy atom. The monoisotopic (exact) mass is 362 g/mol. The SMILES string of the molecule is Cc1cc(C(N)=Nc2ncccc2C)ccc1NC1OC1c1ccnn1C. The smallest absolute Gasteiger partial charge is 0.161 e. The van der Waals surface area contributed by atoms with E-state index in [1.807, 2.05) is 62.0 Å². The number of hydrogen-bond acceptors (Lipinski definition) is 5. The van der Waals surface area contributed by atoms with Crippen molar-refractivity contribution in [1.82, 2.24) is 14.8 Å². The molecule has 0 amide bonds. The molecule has 1 aliphatic heterocycles. The van der Waals surface area contributed by atoms with Gasteiger partial charge in [0.05, 0.1) is 5.69 Å². The number of aromatic nitrogens is 3. The van der Waals surface area contributed by atoms with Crippen molar-refractivity contribution in [3.63, 3.8) is 0 Å². The summed E-state index contributed by atoms with van der Waals surface area (Å²) < 4.78 is 7.57. The molecule has 7 nitrogen and oxygen atoms in total. The number of anilines is 1. The second kappa shape index (κ2) is 6.85. The number of hydrogen-bond donors (Lipinski definition) is 2. The molecule has 138 valence electrons. The molecule has 1 fully saturated rings. The molecule has 0 spiro atoms. The molecule has 27 heavy (non-hydrogen) atoms. The summed E-state index contributed by atoms with van der Waals surface area (Å²) >= 11 is 0. The van der Waals surface area contributed by atoms with E-state index in [4.69, 9.17) is 10.5 Å². The summed E-state index contributed by atoms with van der Waals surface area (Å²) in [6, 6.07) is 11.8. The molecule has 2 unspecified atom stereocenters. The normalized spacial score (nSPS) is 19.1. The Hall–Kier alpha value is -3.19. The largest absolute Gasteiger partial charge is 0.383 e. The lowest BCUT2D eigenvalue weighted by Crippen LogP contribution is -2.14. The summed E-state index contributed by atoms with van der Waals surface area (Å²) in [6.07, 6.45) is 3.47. The van der Waals surface area contributed by atoms with Gasteiger partial charge in [-0.15, -0.1) is 0 Å². The first-order valence-corrected chi connectivity index (χ1v) is 8.79. The Balaban J connectivity index is 1.48. The van der Waals surface area contributed by atoms with Crippen LogP contribution in [0.1, 0.15) is 28.5 Å². The molecule has 1 aliphatic rings. The average Bonchev–Trinajstić information content (AvgIpc) is 3.28. The van der Waals surface area contributed by atoms with Crippen molar-refractivity contribution in [3.05, 3.63) is 71.2 Å². The summed E-state index contributed by atoms with van der Waals surface area (Å²) in [6.45, 7) is 4.00. The highest BCUT2D eigenvalue weighted by molar-refractivity contribution is 5.99. The maximum absolute atomic E-state index is 6.19. The topological polar surface area (TPSA) is 93.7 Å². The van der Waals surface area contributed by atoms with Crippen LogP contribution >= 0.6 is 0 Å². The number of aryl methyl sites for hydroxylation is 3. The number of epoxide rings is 1. The summed E-state index contributed by atoms with van der Waals surface area (Å²) in [5.41, 5.74) is 11.2. The van der Waals surface area contributed by atoms with E-state index in [0.717, 1.165) is 28.1 Å². The van der Waals surface area contributed by atoms with Gasteiger partial charge in [0, 0.05) is 30.7 Å². The lowest BCUT2D eigenvalue weighted by atomic mass is 10.1. The molecule has 0 saturated carbocycles. The van der Waals surface area contributed by atoms with Gasteiger partial charge < -0.3 is 15.8 Å². The van der Waals surface area contributed by atoms with Gasteiger partial charge in [-0.3, -0.25) is 4.68 Å². The van der Waals surface area contributed by atoms with Crippen LogP contribution < -0.4 is 11.1 Å². The first kappa shape index (κ1) is 17.2. The van der Waals surface area contributed by atoms with E-state index in [1.165, 1.54) is 0 Å². The number of nitrogens with one attached hydrogen (secondary N) is 1. The van der Waals surface area contributed by atoms with Gasteiger partial charge in [0.25, 0.3) is 0 Å². The highest BCUT2D eigenvalue weighted by Crippen LogP contribution is 2.39. The molecule has 0 aliphatic carbocycles. The summed E-state index contributed by atoms with van der Waals surface area (Å²) in [4.78, 5) is 8.72. The molecular weight excluding hydrogens is 340 g/mol. The fraction of sp³-hybridized carbons (Fsp3) is 0.250. The maximum Gasteiger partial charge on any atom is 0.161 e. The van der Waals surface area contributed by atoms with Crippen LogP contribution in [-0.2, 0) is 11.8 Å². The minimum atomic E-state index is -0.0490. The molecular formula is C20H22N6O. The average molecular weight is 362 g/mol. The molecule has 7 heteroatoms. The van der Waals surface area contributed by atoms with Crippen LogP contribution in [0, 0.1) is 13.8 Å². The van der Waals surface area contributed by atoms with Crippen molar-refractivity contribution < 1.29 is 4.74 Å². The predicted octanol–water partition coefficient (Wildman–Crippen LogP) is 2.98. The van der Waals surface area contributed by atoms with Crippen LogP contribution in [0.5, 0.6) is 0 Å². The highest BCUT2D eigenvalue weighted by Gasteiger charge is 2.42. The Kier molecular flexibility index (Phi) is 4.37. The van der Waals surface area contributed by atoms with Crippen molar-refractivity contribution in [2.45, 2.75) is 26.2 Å². The van der Waals surface area contributed by atoms with Crippen LogP contribution in [0.2, 0.25) is 0 Å². The number of nitrogens with two attached hydrogens (primary N) is 1. The minimum Gasteiger partial charge on any atom is -0.383 e. The number of ether oxygens (including phenoxy) is 1. The number of rotatable bonds is 5. The zero-order valence-electron chi connectivity index (χ0n) is 15.5. The van der Waals surface area contributed by atoms with Crippen molar-refractivity contribution in [2.75, 3.05) is 5.32 Å². The van der Waals surface area contributed by atoms with E-state index >= 15 is 0 Å². The second-order valence-electron chi connectivity index (χ2n) is 6.67. The lowest BCUT2D eigenvalue weighted by molar-refractivity contribution is 0.378. The van der Waals surface area contributed by atoms with Crippen LogP contribution in [0.15, 0.2) is 53.8 Å². The maximum atomic E-state index is 6.19. The van der Waals surface area contributed by atoms with Crippen molar-refractivity contribution in [1.29, 1.82) is 0 Å². The molecule has 0 radical (unpaired) electrons. The fourth-order valence-corrected chi connectivity index (χ4v) is 3.02. The Morgan fingerprint density at radius 3 is 2.74 bits per heavy atom. The van der Waals surface area contributed by atoms with E-state index < -0.39 is 0 Å². The minimum absolute atomic E-state index is 0.0235. The standard InChI is InChI=1S/C20H22N6O/c1-12-5-4-9-22-19(12)25-18(21)14-6-7-15(13(2)11-14)24-20-17(27-20)16-8-10-23-26(16)3/h4-11,17,20,24H,1-3H3,(H2,21,22,25). The first-order valence-electron chi connectivity index (χ1n) is 8.79. The van der Waals surface area contributed by atoms with Gasteiger partial charge in [-0.25, -0.2) is 9.98 Å². The van der Waals surface area contributed by atoms with E-state index in [9.17, 15) is 0 Å². The molecule has 3 aromatic rings. The fourth-order valence-electron chi connectivity index (χ4n) is 3.02. The van der Waals surface area contributed by atoms with Gasteiger partial charge in [-0.2, -0.15) is 5.10 Å². The quantitative estimate of drug-likeness (QED) is 0.413. The zero-order chi connectivity index (χ0) is 19.0. The lowest BCUT2D eigenvalue weighted by Gasteiger charge is -2.10. The molecule has 2 atom stereocenters. The Labute approximate surface area is 157 Å². The molecule has 1 aromatic carbocycles. The van der Waals surface area contributed by atoms with Crippen LogP contribution in [0.25, 0.3) is 0 Å². The second-order valence-corrected chi connectivity index (χ2v) is 6.67. The van der Waals surface area contributed by atoms with Crippen molar-refractivity contribution in [3.8, 4) is 0 Å². The van der Waals surface area contributed by atoms with E-state index in [-0.39, 0.29) is 12.3 Å². The number of nitrogens with zero attached hydrogens (tertiary/aromatic N) is 4. The summed E-state index contributed by atoms with van der Waals surface area (Å²) in [5.74, 6) is 1.09. The highest BCUT2D eigenvalue weighted by atomic mass is 16.6. The van der Waals surface area contributed by atoms with Crippen LogP contribution in [-0.4, -0.2) is 26.8 Å². The van der Waals surface area contributed by atoms with Crippen LogP contribution in [0.3, 0.4) is 0 Å². The summed E-state index contributed by atoms with van der Waals surface area (Å²) in [5, 5.41) is 7.60. The van der Waals surface area contributed by atoms with E-state index in [0.29, 0.717) is 11.7 Å². The first-order chi connectivity index (χ1) is 13.0. The van der Waals surface area contributed by atoms with Crippen molar-refractivity contribution in [2.24, 2.45) is 17.8 Å². The van der Waals surface area contributed by atoms with Gasteiger partial charge in [0.2, 0.25) is 0 Å².